The van der Waals surface area contributed by atoms with Crippen molar-refractivity contribution >= 4 is 27.0 Å². The fourth-order valence-electron chi connectivity index (χ4n) is 3.36. The van der Waals surface area contributed by atoms with E-state index in [1.807, 2.05) is 45.0 Å². The van der Waals surface area contributed by atoms with E-state index < -0.39 is 10.0 Å². The van der Waals surface area contributed by atoms with Gasteiger partial charge in [-0.3, -0.25) is 4.79 Å². The second kappa shape index (κ2) is 9.40. The Morgan fingerprint density at radius 1 is 1.10 bits per heavy atom. The van der Waals surface area contributed by atoms with Gasteiger partial charge in [0.1, 0.15) is 5.82 Å². The topological polar surface area (TPSA) is 95.2 Å². The van der Waals surface area contributed by atoms with Gasteiger partial charge in [0.25, 0.3) is 0 Å². The van der Waals surface area contributed by atoms with E-state index >= 15 is 0 Å². The number of H-pyrrole nitrogens is 1. The lowest BCUT2D eigenvalue weighted by atomic mass is 10.1. The van der Waals surface area contributed by atoms with Crippen molar-refractivity contribution in [2.24, 2.45) is 0 Å². The third-order valence-electron chi connectivity index (χ3n) is 5.10. The van der Waals surface area contributed by atoms with Crippen LogP contribution in [0.1, 0.15) is 44.6 Å². The van der Waals surface area contributed by atoms with Crippen molar-refractivity contribution < 1.29 is 13.2 Å². The number of hydrogen-bond acceptors (Lipinski definition) is 4. The first-order valence-corrected chi connectivity index (χ1v) is 11.6. The molecule has 2 N–H and O–H groups in total. The molecule has 0 bridgehead atoms. The number of carbonyl (C=O) groups is 1. The third-order valence-corrected chi connectivity index (χ3v) is 7.17. The largest absolute Gasteiger partial charge is 0.346 e. The molecule has 0 saturated carbocycles. The van der Waals surface area contributed by atoms with E-state index in [-0.39, 0.29) is 16.8 Å². The molecular weight excluding hydrogens is 400 g/mol. The van der Waals surface area contributed by atoms with Crippen molar-refractivity contribution in [1.82, 2.24) is 19.6 Å². The van der Waals surface area contributed by atoms with Crippen molar-refractivity contribution in [3.8, 4) is 0 Å². The van der Waals surface area contributed by atoms with Crippen LogP contribution in [0.25, 0.3) is 11.0 Å². The summed E-state index contributed by atoms with van der Waals surface area (Å²) in [4.78, 5) is 20.4. The molecule has 1 heterocycles. The summed E-state index contributed by atoms with van der Waals surface area (Å²) >= 11 is 0. The van der Waals surface area contributed by atoms with Gasteiger partial charge in [0.05, 0.1) is 22.0 Å². The number of sulfonamides is 1. The zero-order valence-electron chi connectivity index (χ0n) is 17.6. The summed E-state index contributed by atoms with van der Waals surface area (Å²) in [6.45, 7) is 6.40. The zero-order valence-corrected chi connectivity index (χ0v) is 18.4. The minimum Gasteiger partial charge on any atom is -0.346 e. The number of imidazole rings is 1. The second-order valence-electron chi connectivity index (χ2n) is 7.16. The van der Waals surface area contributed by atoms with E-state index in [1.165, 1.54) is 4.31 Å². The van der Waals surface area contributed by atoms with E-state index in [0.717, 1.165) is 22.4 Å². The molecule has 0 aliphatic heterocycles. The van der Waals surface area contributed by atoms with Gasteiger partial charge in [-0.2, -0.15) is 4.31 Å². The van der Waals surface area contributed by atoms with Gasteiger partial charge in [-0.25, -0.2) is 13.4 Å². The number of nitrogens with zero attached hydrogens (tertiary/aromatic N) is 2. The van der Waals surface area contributed by atoms with Gasteiger partial charge in [-0.15, -0.1) is 0 Å². The molecule has 3 rings (SSSR count). The van der Waals surface area contributed by atoms with Crippen molar-refractivity contribution in [2.75, 3.05) is 13.1 Å². The molecule has 0 aliphatic rings. The Morgan fingerprint density at radius 2 is 1.77 bits per heavy atom. The van der Waals surface area contributed by atoms with E-state index in [0.29, 0.717) is 25.9 Å². The fraction of sp³-hybridized carbons (Fsp3) is 0.364. The van der Waals surface area contributed by atoms with Crippen LogP contribution in [-0.4, -0.2) is 41.7 Å². The van der Waals surface area contributed by atoms with Crippen LogP contribution in [0.15, 0.2) is 53.4 Å². The Balaban J connectivity index is 1.56. The van der Waals surface area contributed by atoms with Crippen molar-refractivity contribution in [2.45, 2.75) is 44.6 Å². The maximum Gasteiger partial charge on any atom is 0.243 e. The summed E-state index contributed by atoms with van der Waals surface area (Å²) < 4.78 is 26.5. The van der Waals surface area contributed by atoms with Crippen LogP contribution in [-0.2, 0) is 21.2 Å². The van der Waals surface area contributed by atoms with Gasteiger partial charge < -0.3 is 10.3 Å². The summed E-state index contributed by atoms with van der Waals surface area (Å²) in [5, 5.41) is 2.96. The Kier molecular flexibility index (Phi) is 6.89. The molecule has 0 unspecified atom stereocenters. The van der Waals surface area contributed by atoms with Gasteiger partial charge in [0.15, 0.2) is 0 Å². The first-order chi connectivity index (χ1) is 14.3. The van der Waals surface area contributed by atoms with Gasteiger partial charge in [0.2, 0.25) is 15.9 Å². The summed E-state index contributed by atoms with van der Waals surface area (Å²) in [6.07, 6.45) is 0.844. The van der Waals surface area contributed by atoms with Crippen molar-refractivity contribution in [1.29, 1.82) is 0 Å². The maximum atomic E-state index is 12.5. The monoisotopic (exact) mass is 428 g/mol. The number of nitrogens with one attached hydrogen (secondary N) is 2. The number of aryl methyl sites for hydroxylation is 1. The minimum atomic E-state index is -3.46. The fourth-order valence-corrected chi connectivity index (χ4v) is 4.82. The number of para-hydroxylation sites is 2. The van der Waals surface area contributed by atoms with E-state index in [1.54, 1.807) is 24.3 Å². The SMILES string of the molecule is CCN(CC)S(=O)(=O)c1ccc(CCC(=O)N[C@@H](C)c2nc3ccccc3[nH]2)cc1. The molecule has 0 aliphatic carbocycles. The molecule has 7 nitrogen and oxygen atoms in total. The highest BCUT2D eigenvalue weighted by Gasteiger charge is 2.21. The molecule has 8 heteroatoms. The molecular formula is C22H28N4O3S. The number of aromatic nitrogens is 2. The molecule has 1 amide bonds. The molecule has 0 saturated heterocycles. The molecule has 30 heavy (non-hydrogen) atoms. The number of benzene rings is 2. The standard InChI is InChI=1S/C22H28N4O3S/c1-4-26(5-2)30(28,29)18-13-10-17(11-14-18)12-15-21(27)23-16(3)22-24-19-8-6-7-9-20(19)25-22/h6-11,13-14,16H,4-5,12,15H2,1-3H3,(H,23,27)(H,24,25)/t16-/m0/s1. The highest BCUT2D eigenvalue weighted by atomic mass is 32.2. The Hall–Kier alpha value is -2.71. The first-order valence-electron chi connectivity index (χ1n) is 10.2. The van der Waals surface area contributed by atoms with Crippen LogP contribution in [0.3, 0.4) is 0 Å². The zero-order chi connectivity index (χ0) is 21.7. The highest BCUT2D eigenvalue weighted by molar-refractivity contribution is 7.89. The molecule has 0 spiro atoms. The molecule has 0 radical (unpaired) electrons. The second-order valence-corrected chi connectivity index (χ2v) is 9.10. The summed E-state index contributed by atoms with van der Waals surface area (Å²) in [5.74, 6) is 0.637. The maximum absolute atomic E-state index is 12.5. The predicted molar refractivity (Wildman–Crippen MR) is 118 cm³/mol. The molecule has 160 valence electrons. The average molecular weight is 429 g/mol. The van der Waals surface area contributed by atoms with E-state index in [9.17, 15) is 13.2 Å². The smallest absolute Gasteiger partial charge is 0.243 e. The third kappa shape index (κ3) is 4.88. The number of rotatable bonds is 9. The summed E-state index contributed by atoms with van der Waals surface area (Å²) in [7, 11) is -3.46. The molecule has 2 aromatic carbocycles. The number of hydrogen-bond donors (Lipinski definition) is 2. The van der Waals surface area contributed by atoms with Crippen molar-refractivity contribution in [3.63, 3.8) is 0 Å². The minimum absolute atomic E-state index is 0.0807. The van der Waals surface area contributed by atoms with Gasteiger partial charge >= 0.3 is 0 Å². The van der Waals surface area contributed by atoms with Gasteiger partial charge in [-0.1, -0.05) is 38.1 Å². The predicted octanol–water partition coefficient (Wildman–Crippen LogP) is 3.40. The van der Waals surface area contributed by atoms with Crippen LogP contribution >= 0.6 is 0 Å². The summed E-state index contributed by atoms with van der Waals surface area (Å²) in [5.41, 5.74) is 2.72. The Morgan fingerprint density at radius 3 is 2.40 bits per heavy atom. The van der Waals surface area contributed by atoms with Crippen LogP contribution < -0.4 is 5.32 Å². The molecule has 0 fully saturated rings. The van der Waals surface area contributed by atoms with E-state index in [2.05, 4.69) is 15.3 Å². The molecule has 1 atom stereocenters. The first kappa shape index (κ1) is 22.0. The van der Waals surface area contributed by atoms with Crippen LogP contribution in [0.5, 0.6) is 0 Å². The van der Waals surface area contributed by atoms with Gasteiger partial charge in [0, 0.05) is 19.5 Å². The van der Waals surface area contributed by atoms with Crippen molar-refractivity contribution in [3.05, 3.63) is 59.9 Å². The molecule has 1 aromatic heterocycles. The Labute approximate surface area is 177 Å². The molecule has 3 aromatic rings. The van der Waals surface area contributed by atoms with Crippen LogP contribution in [0.2, 0.25) is 0 Å². The highest BCUT2D eigenvalue weighted by Crippen LogP contribution is 2.18. The number of carbonyl (C=O) groups excluding carboxylic acids is 1. The lowest BCUT2D eigenvalue weighted by molar-refractivity contribution is -0.121. The van der Waals surface area contributed by atoms with Gasteiger partial charge in [-0.05, 0) is 43.2 Å². The number of fused-ring (bicyclic) bond motifs is 1. The van der Waals surface area contributed by atoms with Crippen LogP contribution in [0, 0.1) is 0 Å². The number of aromatic amines is 1. The van der Waals surface area contributed by atoms with E-state index in [4.69, 9.17) is 0 Å². The lowest BCUT2D eigenvalue weighted by Crippen LogP contribution is -2.30. The Bertz CT molecular complexity index is 1070. The van der Waals surface area contributed by atoms with Crippen LogP contribution in [0.4, 0.5) is 0 Å². The quantitative estimate of drug-likeness (QED) is 0.546. The summed E-state index contributed by atoms with van der Waals surface area (Å²) in [6, 6.07) is 14.3. The normalized spacial score (nSPS) is 12.9. The average Bonchev–Trinajstić information content (AvgIpc) is 3.18. The number of amides is 1. The lowest BCUT2D eigenvalue weighted by Gasteiger charge is -2.18.